The summed E-state index contributed by atoms with van der Waals surface area (Å²) in [4.78, 5) is 4.69. The molecule has 0 atom stereocenters. The summed E-state index contributed by atoms with van der Waals surface area (Å²) < 4.78 is 68.8. The third-order valence-corrected chi connectivity index (χ3v) is 18.6. The van der Waals surface area contributed by atoms with Crippen molar-refractivity contribution in [1.29, 1.82) is 0 Å². The Morgan fingerprint density at radius 2 is 0.467 bits per heavy atom. The van der Waals surface area contributed by atoms with Crippen LogP contribution in [0.5, 0.6) is 0 Å². The van der Waals surface area contributed by atoms with Crippen molar-refractivity contribution in [1.82, 2.24) is 0 Å². The van der Waals surface area contributed by atoms with E-state index in [9.17, 15) is 0 Å². The van der Waals surface area contributed by atoms with E-state index in [0.717, 1.165) is 101 Å². The minimum Gasteiger partial charge on any atom is -0.310 e. The van der Waals surface area contributed by atoms with Crippen LogP contribution in [-0.2, 0) is 25.5 Å². The van der Waals surface area contributed by atoms with Gasteiger partial charge in [-0.15, -0.1) is 0 Å². The van der Waals surface area contributed by atoms with E-state index < -0.39 is 25.5 Å². The minimum absolute atomic E-state index is 0.380. The lowest BCUT2D eigenvalue weighted by Crippen LogP contribution is -2.12. The van der Waals surface area contributed by atoms with E-state index in [1.54, 1.807) is 12.1 Å². The molecule has 0 spiro atoms. The second-order valence-electron chi connectivity index (χ2n) is 23.6. The van der Waals surface area contributed by atoms with Crippen molar-refractivity contribution in [3.63, 3.8) is 0 Å². The van der Waals surface area contributed by atoms with Crippen LogP contribution in [0.25, 0.3) is 120 Å². The van der Waals surface area contributed by atoms with E-state index in [4.69, 9.17) is 11.0 Å². The van der Waals surface area contributed by atoms with Gasteiger partial charge < -0.3 is 9.80 Å². The van der Waals surface area contributed by atoms with E-state index in [-0.39, 0.29) is 0 Å². The summed E-state index contributed by atoms with van der Waals surface area (Å²) in [7, 11) is 0. The molecule has 0 fully saturated rings. The second kappa shape index (κ2) is 21.2. The van der Waals surface area contributed by atoms with Crippen molar-refractivity contribution < 1.29 is 11.0 Å². The van der Waals surface area contributed by atoms with Crippen molar-refractivity contribution in [3.8, 4) is 55.6 Å². The average Bonchev–Trinajstić information content (AvgIpc) is 0.706. The number of hydrogen-bond acceptors (Lipinski definition) is 2. The summed E-state index contributed by atoms with van der Waals surface area (Å²) in [5, 5.41) is 14.1. The number of fused-ring (bicyclic) bond motifs is 14. The van der Waals surface area contributed by atoms with Gasteiger partial charge in [-0.2, -0.15) is 0 Å². The Kier molecular flexibility index (Phi) is 10.4. The molecule has 422 valence electrons. The molecule has 0 amide bonds. The lowest BCUT2D eigenvalue weighted by Gasteiger charge is -2.29. The summed E-state index contributed by atoms with van der Waals surface area (Å²) >= 11 is 0. The number of anilines is 6. The normalized spacial score (nSPS) is 16.0. The van der Waals surface area contributed by atoms with Crippen LogP contribution in [0, 0.1) is 0 Å². The van der Waals surface area contributed by atoms with Gasteiger partial charge in [0.25, 0.3) is 0 Å². The van der Waals surface area contributed by atoms with Crippen molar-refractivity contribution in [2.24, 2.45) is 0 Å². The van der Waals surface area contributed by atoms with E-state index in [1.165, 1.54) is 53.9 Å². The molecule has 2 aliphatic carbocycles. The Balaban J connectivity index is 0.781. The van der Waals surface area contributed by atoms with E-state index >= 15 is 0 Å². The zero-order valence-electron chi connectivity index (χ0n) is 56.9. The Morgan fingerprint density at radius 1 is 0.189 bits per heavy atom. The molecule has 90 heavy (non-hydrogen) atoms. The molecule has 2 aliphatic rings. The Labute approximate surface area is 535 Å². The summed E-state index contributed by atoms with van der Waals surface area (Å²) in [5.41, 5.74) is 16.7. The Bertz CT molecular complexity index is 5510. The first-order valence-corrected chi connectivity index (χ1v) is 30.8. The highest BCUT2D eigenvalue weighted by Gasteiger charge is 2.24. The summed E-state index contributed by atoms with van der Waals surface area (Å²) in [6.45, 7) is 0. The highest BCUT2D eigenvalue weighted by Crippen LogP contribution is 2.49. The molecular weight excluding hydrogens is 1080 g/mol. The van der Waals surface area contributed by atoms with Gasteiger partial charge in [-0.05, 0) is 230 Å². The molecule has 0 N–H and O–H groups in total. The van der Waals surface area contributed by atoms with Crippen molar-refractivity contribution >= 4 is 98.8 Å². The van der Waals surface area contributed by atoms with E-state index in [2.05, 4.69) is 277 Å². The predicted octanol–water partition coefficient (Wildman–Crippen LogP) is 24.1. The van der Waals surface area contributed by atoms with Crippen LogP contribution in [0.15, 0.2) is 315 Å². The monoisotopic (exact) mass is 1150 g/mol. The largest absolute Gasteiger partial charge is 0.310 e. The lowest BCUT2D eigenvalue weighted by atomic mass is 9.85. The molecule has 16 aromatic carbocycles. The number of benzene rings is 16. The Hall–Kier alpha value is -11.3. The maximum Gasteiger partial charge on any atom is 0.0540 e. The third kappa shape index (κ3) is 8.70. The molecule has 18 rings (SSSR count). The summed E-state index contributed by atoms with van der Waals surface area (Å²) in [6.07, 6.45) is -8.36. The van der Waals surface area contributed by atoms with Crippen LogP contribution in [0.1, 0.15) is 33.2 Å². The topological polar surface area (TPSA) is 6.48 Å². The molecule has 2 heteroatoms. The molecule has 0 radical (unpaired) electrons. The van der Waals surface area contributed by atoms with Gasteiger partial charge in [0.1, 0.15) is 0 Å². The number of nitrogens with zero attached hydrogens (tertiary/aromatic N) is 2. The number of rotatable bonds is 11. The molecule has 0 aromatic heterocycles. The molecule has 0 bridgehead atoms. The van der Waals surface area contributed by atoms with E-state index in [1.807, 2.05) is 36.4 Å². The fraction of sp³-hybridized carbons (Fsp3) is 0.0455. The minimum atomic E-state index is -2.11. The second-order valence-corrected chi connectivity index (χ2v) is 23.6. The predicted molar refractivity (Wildman–Crippen MR) is 383 cm³/mol. The number of aryl methyl sites for hydroxylation is 4. The SMILES string of the molecule is [2H]C1([2H])c2ccc(-c3ccc(N(c4ccc(-c5ccc(N(c6ccc7c8ccccc8c8ccccc8c7c6)c6ccc(-c7ccc8c(c7)C([2H])([2H])C8([2H])[2H])cc6-c6ccccc6)cc5)cc4)c4ccc5c6ccccc6c6ccccc6c5c4)c(-c4ccccc4)c3)cc2C1([2H])[2H]. The highest BCUT2D eigenvalue weighted by atomic mass is 15.2. The zero-order valence-corrected chi connectivity index (χ0v) is 48.9. The fourth-order valence-corrected chi connectivity index (χ4v) is 14.1. The van der Waals surface area contributed by atoms with Gasteiger partial charge in [0.2, 0.25) is 0 Å². The fourth-order valence-electron chi connectivity index (χ4n) is 14.1. The first-order chi connectivity index (χ1) is 47.6. The van der Waals surface area contributed by atoms with Crippen LogP contribution in [-0.4, -0.2) is 0 Å². The van der Waals surface area contributed by atoms with E-state index in [0.29, 0.717) is 22.3 Å². The molecule has 2 nitrogen and oxygen atoms in total. The molecule has 0 heterocycles. The van der Waals surface area contributed by atoms with Gasteiger partial charge in [-0.25, -0.2) is 0 Å². The molecule has 0 saturated heterocycles. The first kappa shape index (κ1) is 44.2. The highest BCUT2D eigenvalue weighted by molar-refractivity contribution is 6.27. The quantitative estimate of drug-likeness (QED) is 0.119. The van der Waals surface area contributed by atoms with Gasteiger partial charge in [-0.3, -0.25) is 0 Å². The maximum atomic E-state index is 8.70. The summed E-state index contributed by atoms with van der Waals surface area (Å²) in [5.74, 6) is 0. The van der Waals surface area contributed by atoms with Crippen molar-refractivity contribution in [2.75, 3.05) is 9.80 Å². The van der Waals surface area contributed by atoms with Crippen molar-refractivity contribution in [3.05, 3.63) is 338 Å². The van der Waals surface area contributed by atoms with Gasteiger partial charge in [-0.1, -0.05) is 243 Å². The van der Waals surface area contributed by atoms with Gasteiger partial charge in [0.05, 0.1) is 11.4 Å². The van der Waals surface area contributed by atoms with Crippen LogP contribution in [0.4, 0.5) is 34.1 Å². The smallest absolute Gasteiger partial charge is 0.0540 e. The summed E-state index contributed by atoms with van der Waals surface area (Å²) in [6, 6.07) is 110. The molecule has 0 aliphatic heterocycles. The Morgan fingerprint density at radius 3 is 0.833 bits per heavy atom. The van der Waals surface area contributed by atoms with Crippen LogP contribution >= 0.6 is 0 Å². The first-order valence-electron chi connectivity index (χ1n) is 34.8. The molecular formula is C88H60N2. The standard InChI is InChI=1S/C88H60N2/c1-3-15-61(16-4-1)83-53-67(65-33-29-59-27-31-63(59)51-65)39-49-87(83)89(71-45-47-81-77-23-9-7-19-73(77)75-21-11-13-25-79(75)85(81)55-71)69-41-35-57(36-42-69)58-37-43-70(44-38-58)90(72-46-48-82-78-24-10-8-20-74(78)76-22-12-14-26-80(76)86(82)56-72)88-50-40-68(54-84(88)62-17-5-2-6-18-62)66-34-30-60-28-32-64(60)52-66/h1-26,29-30,33-56H,27-28,31-32H2/i27D2,28D2,31D2,32D2. The molecule has 0 unspecified atom stereocenters. The van der Waals surface area contributed by atoms with Gasteiger partial charge in [0, 0.05) is 44.8 Å². The third-order valence-electron chi connectivity index (χ3n) is 18.6. The average molecular weight is 1150 g/mol. The van der Waals surface area contributed by atoms with Crippen molar-refractivity contribution in [2.45, 2.75) is 25.5 Å². The van der Waals surface area contributed by atoms with Gasteiger partial charge in [0.15, 0.2) is 0 Å². The number of hydrogen-bond donors (Lipinski definition) is 0. The van der Waals surface area contributed by atoms with Gasteiger partial charge >= 0.3 is 0 Å². The zero-order chi connectivity index (χ0) is 66.4. The van der Waals surface area contributed by atoms with Crippen LogP contribution in [0.3, 0.4) is 0 Å². The maximum absolute atomic E-state index is 8.70. The molecule has 0 saturated carbocycles. The van der Waals surface area contributed by atoms with Crippen LogP contribution in [0.2, 0.25) is 0 Å². The van der Waals surface area contributed by atoms with Crippen LogP contribution < -0.4 is 9.80 Å². The lowest BCUT2D eigenvalue weighted by molar-refractivity contribution is 0.840. The molecule has 16 aromatic rings.